The van der Waals surface area contributed by atoms with Crippen molar-refractivity contribution in [2.75, 3.05) is 30.8 Å². The lowest BCUT2D eigenvalue weighted by Crippen LogP contribution is -2.33. The molecule has 0 radical (unpaired) electrons. The van der Waals surface area contributed by atoms with Gasteiger partial charge in [-0.25, -0.2) is 9.97 Å². The highest BCUT2D eigenvalue weighted by Crippen LogP contribution is 2.26. The molecular formula is C14H24N4O. The molecule has 1 unspecified atom stereocenters. The summed E-state index contributed by atoms with van der Waals surface area (Å²) in [4.78, 5) is 9.05. The Morgan fingerprint density at radius 3 is 2.63 bits per heavy atom. The summed E-state index contributed by atoms with van der Waals surface area (Å²) in [6, 6.07) is 0. The molecule has 1 atom stereocenters. The van der Waals surface area contributed by atoms with Crippen LogP contribution in [0.25, 0.3) is 0 Å². The van der Waals surface area contributed by atoms with Crippen molar-refractivity contribution in [3.63, 3.8) is 0 Å². The molecule has 2 N–H and O–H groups in total. The number of nitrogens with zero attached hydrogens (tertiary/aromatic N) is 2. The zero-order chi connectivity index (χ0) is 13.9. The summed E-state index contributed by atoms with van der Waals surface area (Å²) in [5.41, 5.74) is 0.991. The lowest BCUT2D eigenvalue weighted by atomic mass is 10.0. The fourth-order valence-corrected chi connectivity index (χ4v) is 2.38. The fraction of sp³-hybridized carbons (Fsp3) is 0.714. The van der Waals surface area contributed by atoms with Crippen molar-refractivity contribution in [2.45, 2.75) is 45.6 Å². The van der Waals surface area contributed by atoms with Crippen molar-refractivity contribution in [1.82, 2.24) is 9.97 Å². The second-order valence-corrected chi connectivity index (χ2v) is 5.32. The third-order valence-corrected chi connectivity index (χ3v) is 3.68. The molecule has 0 aromatic carbocycles. The van der Waals surface area contributed by atoms with Gasteiger partial charge in [0.1, 0.15) is 17.5 Å². The molecule has 0 saturated carbocycles. The van der Waals surface area contributed by atoms with Gasteiger partial charge in [0.2, 0.25) is 0 Å². The molecule has 5 nitrogen and oxygen atoms in total. The molecule has 0 bridgehead atoms. The fourth-order valence-electron chi connectivity index (χ4n) is 2.38. The standard InChI is InChI=1S/C14H24N4O/c1-5-11-17-12(15-4)10(2)13(18-11)16-9-14(3)7-6-8-19-14/h5-9H2,1-4H3,(H2,15,16,17,18). The van der Waals surface area contributed by atoms with E-state index in [0.29, 0.717) is 0 Å². The Bertz CT molecular complexity index is 441. The maximum Gasteiger partial charge on any atom is 0.134 e. The minimum absolute atomic E-state index is 0.0659. The third kappa shape index (κ3) is 3.15. The maximum atomic E-state index is 5.79. The van der Waals surface area contributed by atoms with E-state index < -0.39 is 0 Å². The molecular weight excluding hydrogens is 240 g/mol. The van der Waals surface area contributed by atoms with E-state index in [1.807, 2.05) is 14.0 Å². The van der Waals surface area contributed by atoms with Gasteiger partial charge in [0, 0.05) is 32.2 Å². The number of aryl methyl sites for hydroxylation is 1. The topological polar surface area (TPSA) is 59.1 Å². The monoisotopic (exact) mass is 264 g/mol. The summed E-state index contributed by atoms with van der Waals surface area (Å²) in [5.74, 6) is 2.66. The van der Waals surface area contributed by atoms with Gasteiger partial charge in [-0.05, 0) is 26.7 Å². The molecule has 1 fully saturated rings. The predicted molar refractivity (Wildman–Crippen MR) is 77.8 cm³/mol. The Kier molecular flexibility index (Phi) is 4.24. The number of nitrogens with one attached hydrogen (secondary N) is 2. The Labute approximate surface area is 115 Å². The van der Waals surface area contributed by atoms with Gasteiger partial charge < -0.3 is 15.4 Å². The van der Waals surface area contributed by atoms with Crippen LogP contribution < -0.4 is 10.6 Å². The molecule has 0 amide bonds. The van der Waals surface area contributed by atoms with Crippen LogP contribution in [-0.2, 0) is 11.2 Å². The predicted octanol–water partition coefficient (Wildman–Crippen LogP) is 2.37. The van der Waals surface area contributed by atoms with Crippen LogP contribution in [0.5, 0.6) is 0 Å². The van der Waals surface area contributed by atoms with Crippen molar-refractivity contribution in [3.8, 4) is 0 Å². The van der Waals surface area contributed by atoms with Gasteiger partial charge >= 0.3 is 0 Å². The van der Waals surface area contributed by atoms with E-state index in [4.69, 9.17) is 4.74 Å². The summed E-state index contributed by atoms with van der Waals surface area (Å²) in [6.45, 7) is 7.91. The lowest BCUT2D eigenvalue weighted by molar-refractivity contribution is 0.0314. The van der Waals surface area contributed by atoms with Crippen LogP contribution in [0.3, 0.4) is 0 Å². The van der Waals surface area contributed by atoms with E-state index in [1.165, 1.54) is 0 Å². The Balaban J connectivity index is 2.14. The van der Waals surface area contributed by atoms with Crippen molar-refractivity contribution >= 4 is 11.6 Å². The first-order valence-electron chi connectivity index (χ1n) is 7.01. The molecule has 0 aliphatic carbocycles. The van der Waals surface area contributed by atoms with Crippen molar-refractivity contribution < 1.29 is 4.74 Å². The molecule has 1 aliphatic rings. The van der Waals surface area contributed by atoms with Crippen LogP contribution in [0, 0.1) is 6.92 Å². The number of hydrogen-bond acceptors (Lipinski definition) is 5. The smallest absolute Gasteiger partial charge is 0.134 e. The first-order valence-corrected chi connectivity index (χ1v) is 7.01. The molecule has 19 heavy (non-hydrogen) atoms. The number of hydrogen-bond donors (Lipinski definition) is 2. The van der Waals surface area contributed by atoms with Gasteiger partial charge in [0.05, 0.1) is 5.60 Å². The molecule has 1 aromatic heterocycles. The maximum absolute atomic E-state index is 5.79. The Morgan fingerprint density at radius 2 is 2.05 bits per heavy atom. The van der Waals surface area contributed by atoms with Gasteiger partial charge in [0.25, 0.3) is 0 Å². The lowest BCUT2D eigenvalue weighted by Gasteiger charge is -2.24. The number of anilines is 2. The Hall–Kier alpha value is -1.36. The summed E-state index contributed by atoms with van der Waals surface area (Å²) in [6.07, 6.45) is 3.07. The van der Waals surface area contributed by atoms with E-state index in [9.17, 15) is 0 Å². The molecule has 1 aliphatic heterocycles. The van der Waals surface area contributed by atoms with Crippen molar-refractivity contribution in [3.05, 3.63) is 11.4 Å². The van der Waals surface area contributed by atoms with Crippen LogP contribution in [0.2, 0.25) is 0 Å². The molecule has 0 spiro atoms. The van der Waals surface area contributed by atoms with Gasteiger partial charge in [-0.1, -0.05) is 6.92 Å². The zero-order valence-electron chi connectivity index (χ0n) is 12.3. The van der Waals surface area contributed by atoms with E-state index in [2.05, 4.69) is 34.4 Å². The van der Waals surface area contributed by atoms with Crippen LogP contribution >= 0.6 is 0 Å². The normalized spacial score (nSPS) is 22.5. The minimum atomic E-state index is -0.0659. The summed E-state index contributed by atoms with van der Waals surface area (Å²) < 4.78 is 5.79. The molecule has 1 aromatic rings. The highest BCUT2D eigenvalue weighted by molar-refractivity contribution is 5.57. The van der Waals surface area contributed by atoms with Crippen LogP contribution in [0.15, 0.2) is 0 Å². The van der Waals surface area contributed by atoms with E-state index in [1.54, 1.807) is 0 Å². The van der Waals surface area contributed by atoms with Gasteiger partial charge in [-0.3, -0.25) is 0 Å². The molecule has 5 heteroatoms. The number of aromatic nitrogens is 2. The quantitative estimate of drug-likeness (QED) is 0.855. The zero-order valence-corrected chi connectivity index (χ0v) is 12.3. The molecule has 2 rings (SSSR count). The number of ether oxygens (including phenoxy) is 1. The first kappa shape index (κ1) is 14.1. The highest BCUT2D eigenvalue weighted by atomic mass is 16.5. The van der Waals surface area contributed by atoms with Crippen molar-refractivity contribution in [1.29, 1.82) is 0 Å². The van der Waals surface area contributed by atoms with Crippen LogP contribution in [0.4, 0.5) is 11.6 Å². The van der Waals surface area contributed by atoms with E-state index >= 15 is 0 Å². The molecule has 1 saturated heterocycles. The second-order valence-electron chi connectivity index (χ2n) is 5.32. The van der Waals surface area contributed by atoms with Crippen LogP contribution in [-0.4, -0.2) is 35.8 Å². The minimum Gasteiger partial charge on any atom is -0.373 e. The van der Waals surface area contributed by atoms with Gasteiger partial charge in [-0.2, -0.15) is 0 Å². The average molecular weight is 264 g/mol. The number of rotatable bonds is 5. The SMILES string of the molecule is CCc1nc(NC)c(C)c(NCC2(C)CCCO2)n1. The second kappa shape index (κ2) is 5.74. The third-order valence-electron chi connectivity index (χ3n) is 3.68. The largest absolute Gasteiger partial charge is 0.373 e. The average Bonchev–Trinajstić information content (AvgIpc) is 2.85. The summed E-state index contributed by atoms with van der Waals surface area (Å²) in [5, 5.41) is 6.55. The van der Waals surface area contributed by atoms with Gasteiger partial charge in [-0.15, -0.1) is 0 Å². The summed E-state index contributed by atoms with van der Waals surface area (Å²) >= 11 is 0. The van der Waals surface area contributed by atoms with Crippen molar-refractivity contribution in [2.24, 2.45) is 0 Å². The highest BCUT2D eigenvalue weighted by Gasteiger charge is 2.29. The van der Waals surface area contributed by atoms with E-state index in [0.717, 1.165) is 55.4 Å². The van der Waals surface area contributed by atoms with E-state index in [-0.39, 0.29) is 5.60 Å². The molecule has 106 valence electrons. The molecule has 2 heterocycles. The summed E-state index contributed by atoms with van der Waals surface area (Å²) in [7, 11) is 1.89. The first-order chi connectivity index (χ1) is 9.08. The van der Waals surface area contributed by atoms with Crippen LogP contribution in [0.1, 0.15) is 38.1 Å². The Morgan fingerprint density at radius 1 is 1.32 bits per heavy atom. The van der Waals surface area contributed by atoms with Gasteiger partial charge in [0.15, 0.2) is 0 Å².